The number of aliphatic carboxylic acids is 1. The Bertz CT molecular complexity index is 392. The lowest BCUT2D eigenvalue weighted by molar-refractivity contribution is -0.142. The molecule has 1 fully saturated rings. The number of carboxylic acid groups (broad SMARTS) is 1. The Hall–Kier alpha value is -1.81. The standard InChI is InChI=1S/C13H21N3O4/c1-9(2)6-16(5-3-4-14)13(19)15-11-8-20-7-10(11)12(17)18/h9-11H,3,5-8H2,1-2H3,(H,15,19)(H,17,18). The van der Waals surface area contributed by atoms with Gasteiger partial charge in [0.1, 0.15) is 5.92 Å². The van der Waals surface area contributed by atoms with Crippen LogP contribution in [-0.2, 0) is 9.53 Å². The number of hydrogen-bond donors (Lipinski definition) is 2. The van der Waals surface area contributed by atoms with E-state index in [9.17, 15) is 9.59 Å². The average molecular weight is 283 g/mol. The quantitative estimate of drug-likeness (QED) is 0.745. The molecule has 7 heteroatoms. The van der Waals surface area contributed by atoms with Gasteiger partial charge >= 0.3 is 12.0 Å². The monoisotopic (exact) mass is 283 g/mol. The van der Waals surface area contributed by atoms with Gasteiger partial charge in [0, 0.05) is 13.1 Å². The van der Waals surface area contributed by atoms with Gasteiger partial charge in [-0.2, -0.15) is 5.26 Å². The smallest absolute Gasteiger partial charge is 0.317 e. The molecule has 0 radical (unpaired) electrons. The van der Waals surface area contributed by atoms with Crippen molar-refractivity contribution < 1.29 is 19.4 Å². The second-order valence-electron chi connectivity index (χ2n) is 5.29. The number of nitriles is 1. The molecule has 0 aromatic rings. The fourth-order valence-electron chi connectivity index (χ4n) is 2.09. The Morgan fingerprint density at radius 2 is 2.20 bits per heavy atom. The molecule has 2 atom stereocenters. The summed E-state index contributed by atoms with van der Waals surface area (Å²) < 4.78 is 5.11. The first-order chi connectivity index (χ1) is 9.45. The zero-order valence-corrected chi connectivity index (χ0v) is 11.8. The fraction of sp³-hybridized carbons (Fsp3) is 0.769. The number of carboxylic acids is 1. The van der Waals surface area contributed by atoms with Crippen molar-refractivity contribution in [1.82, 2.24) is 10.2 Å². The van der Waals surface area contributed by atoms with Gasteiger partial charge in [-0.3, -0.25) is 4.79 Å². The van der Waals surface area contributed by atoms with E-state index in [4.69, 9.17) is 15.1 Å². The summed E-state index contributed by atoms with van der Waals surface area (Å²) in [4.78, 5) is 24.7. The van der Waals surface area contributed by atoms with Gasteiger partial charge in [-0.1, -0.05) is 13.8 Å². The molecule has 1 aliphatic heterocycles. The molecule has 2 N–H and O–H groups in total. The first-order valence-electron chi connectivity index (χ1n) is 6.68. The topological polar surface area (TPSA) is 103 Å². The number of hydrogen-bond acceptors (Lipinski definition) is 4. The maximum atomic E-state index is 12.2. The summed E-state index contributed by atoms with van der Waals surface area (Å²) in [5.74, 6) is -1.41. The van der Waals surface area contributed by atoms with E-state index in [0.717, 1.165) is 0 Å². The summed E-state index contributed by atoms with van der Waals surface area (Å²) in [5.41, 5.74) is 0. The second kappa shape index (κ2) is 7.70. The van der Waals surface area contributed by atoms with E-state index >= 15 is 0 Å². The highest BCUT2D eigenvalue weighted by atomic mass is 16.5. The molecule has 7 nitrogen and oxygen atoms in total. The van der Waals surface area contributed by atoms with Crippen molar-refractivity contribution in [2.45, 2.75) is 26.3 Å². The molecule has 2 unspecified atom stereocenters. The first kappa shape index (κ1) is 16.2. The van der Waals surface area contributed by atoms with Crippen LogP contribution in [-0.4, -0.2) is 54.4 Å². The second-order valence-corrected chi connectivity index (χ2v) is 5.29. The van der Waals surface area contributed by atoms with Gasteiger partial charge in [0.2, 0.25) is 0 Å². The SMILES string of the molecule is CC(C)CN(CCC#N)C(=O)NC1COCC1C(=O)O. The summed E-state index contributed by atoms with van der Waals surface area (Å²) in [6.45, 7) is 5.14. The van der Waals surface area contributed by atoms with Gasteiger partial charge in [0.25, 0.3) is 0 Å². The molecule has 0 aromatic carbocycles. The van der Waals surface area contributed by atoms with E-state index in [1.165, 1.54) is 0 Å². The van der Waals surface area contributed by atoms with Crippen molar-refractivity contribution >= 4 is 12.0 Å². The Kier molecular flexibility index (Phi) is 6.25. The Morgan fingerprint density at radius 1 is 1.50 bits per heavy atom. The van der Waals surface area contributed by atoms with E-state index in [-0.39, 0.29) is 31.6 Å². The molecule has 2 amide bonds. The van der Waals surface area contributed by atoms with E-state index in [2.05, 4.69) is 5.32 Å². The number of nitrogens with one attached hydrogen (secondary N) is 1. The Morgan fingerprint density at radius 3 is 2.75 bits per heavy atom. The van der Waals surface area contributed by atoms with Crippen LogP contribution >= 0.6 is 0 Å². The van der Waals surface area contributed by atoms with E-state index < -0.39 is 17.9 Å². The molecule has 112 valence electrons. The van der Waals surface area contributed by atoms with Gasteiger partial charge in [-0.25, -0.2) is 4.79 Å². The number of urea groups is 1. The summed E-state index contributed by atoms with van der Waals surface area (Å²) in [5, 5.41) is 20.4. The van der Waals surface area contributed by atoms with Crippen LogP contribution in [0.25, 0.3) is 0 Å². The molecular weight excluding hydrogens is 262 g/mol. The maximum Gasteiger partial charge on any atom is 0.317 e. The molecule has 0 aliphatic carbocycles. The Labute approximate surface area is 118 Å². The third-order valence-electron chi connectivity index (χ3n) is 3.07. The van der Waals surface area contributed by atoms with Crippen LogP contribution in [0.2, 0.25) is 0 Å². The number of carbonyl (C=O) groups is 2. The van der Waals surface area contributed by atoms with Gasteiger partial charge in [-0.15, -0.1) is 0 Å². The average Bonchev–Trinajstić information content (AvgIpc) is 2.82. The van der Waals surface area contributed by atoms with Crippen LogP contribution in [0.4, 0.5) is 4.79 Å². The Balaban J connectivity index is 2.60. The van der Waals surface area contributed by atoms with Gasteiger partial charge in [0.05, 0.1) is 31.7 Å². The zero-order valence-electron chi connectivity index (χ0n) is 11.8. The summed E-state index contributed by atoms with van der Waals surface area (Å²) in [6, 6.07) is 1.15. The fourth-order valence-corrected chi connectivity index (χ4v) is 2.09. The third-order valence-corrected chi connectivity index (χ3v) is 3.07. The summed E-state index contributed by atoms with van der Waals surface area (Å²) >= 11 is 0. The number of rotatable bonds is 6. The summed E-state index contributed by atoms with van der Waals surface area (Å²) in [7, 11) is 0. The molecule has 0 spiro atoms. The van der Waals surface area contributed by atoms with Crippen molar-refractivity contribution in [3.8, 4) is 6.07 Å². The third kappa shape index (κ3) is 4.70. The maximum absolute atomic E-state index is 12.2. The number of nitrogens with zero attached hydrogens (tertiary/aromatic N) is 2. The van der Waals surface area contributed by atoms with Crippen LogP contribution in [0.15, 0.2) is 0 Å². The molecule has 1 rings (SSSR count). The van der Waals surface area contributed by atoms with Crippen LogP contribution in [0.1, 0.15) is 20.3 Å². The lowest BCUT2D eigenvalue weighted by Crippen LogP contribution is -2.50. The minimum Gasteiger partial charge on any atom is -0.481 e. The van der Waals surface area contributed by atoms with E-state index in [1.807, 2.05) is 19.9 Å². The molecular formula is C13H21N3O4. The van der Waals surface area contributed by atoms with Crippen molar-refractivity contribution in [1.29, 1.82) is 5.26 Å². The highest BCUT2D eigenvalue weighted by Gasteiger charge is 2.35. The molecule has 20 heavy (non-hydrogen) atoms. The molecule has 1 aliphatic rings. The molecule has 0 aromatic heterocycles. The van der Waals surface area contributed by atoms with Crippen LogP contribution in [0.5, 0.6) is 0 Å². The highest BCUT2D eigenvalue weighted by Crippen LogP contribution is 2.14. The highest BCUT2D eigenvalue weighted by molar-refractivity contribution is 5.77. The van der Waals surface area contributed by atoms with Gasteiger partial charge < -0.3 is 20.1 Å². The van der Waals surface area contributed by atoms with Crippen LogP contribution < -0.4 is 5.32 Å². The summed E-state index contributed by atoms with van der Waals surface area (Å²) in [6.07, 6.45) is 0.254. The molecule has 1 saturated heterocycles. The largest absolute Gasteiger partial charge is 0.481 e. The predicted octanol–water partition coefficient (Wildman–Crippen LogP) is 0.667. The molecule has 0 saturated carbocycles. The molecule has 1 heterocycles. The number of amides is 2. The normalized spacial score (nSPS) is 21.5. The van der Waals surface area contributed by atoms with E-state index in [0.29, 0.717) is 13.1 Å². The van der Waals surface area contributed by atoms with Crippen molar-refractivity contribution in [3.05, 3.63) is 0 Å². The minimum absolute atomic E-state index is 0.114. The van der Waals surface area contributed by atoms with Gasteiger partial charge in [-0.05, 0) is 5.92 Å². The minimum atomic E-state index is -0.972. The van der Waals surface area contributed by atoms with Gasteiger partial charge in [0.15, 0.2) is 0 Å². The van der Waals surface area contributed by atoms with Crippen molar-refractivity contribution in [2.24, 2.45) is 11.8 Å². The van der Waals surface area contributed by atoms with Crippen LogP contribution in [0, 0.1) is 23.2 Å². The van der Waals surface area contributed by atoms with Crippen molar-refractivity contribution in [3.63, 3.8) is 0 Å². The lowest BCUT2D eigenvalue weighted by atomic mass is 10.0. The first-order valence-corrected chi connectivity index (χ1v) is 6.68. The zero-order chi connectivity index (χ0) is 15.1. The molecule has 0 bridgehead atoms. The van der Waals surface area contributed by atoms with Crippen molar-refractivity contribution in [2.75, 3.05) is 26.3 Å². The predicted molar refractivity (Wildman–Crippen MR) is 70.9 cm³/mol. The van der Waals surface area contributed by atoms with Crippen LogP contribution in [0.3, 0.4) is 0 Å². The van der Waals surface area contributed by atoms with E-state index in [1.54, 1.807) is 4.90 Å². The number of ether oxygens (including phenoxy) is 1. The number of carbonyl (C=O) groups excluding carboxylic acids is 1. The lowest BCUT2D eigenvalue weighted by Gasteiger charge is -2.26.